The van der Waals surface area contributed by atoms with Gasteiger partial charge in [0.1, 0.15) is 11.9 Å². The second-order valence-corrected chi connectivity index (χ2v) is 9.18. The Bertz CT molecular complexity index is 1150. The van der Waals surface area contributed by atoms with E-state index in [1.54, 1.807) is 6.07 Å². The van der Waals surface area contributed by atoms with Crippen molar-refractivity contribution in [1.82, 2.24) is 4.90 Å². The Morgan fingerprint density at radius 3 is 2.39 bits per heavy atom. The van der Waals surface area contributed by atoms with Crippen LogP contribution in [0.2, 0.25) is 0 Å². The van der Waals surface area contributed by atoms with Crippen molar-refractivity contribution in [2.24, 2.45) is 0 Å². The fraction of sp³-hybridized carbons (Fsp3) is 0.357. The van der Waals surface area contributed by atoms with Crippen LogP contribution in [0.1, 0.15) is 61.1 Å². The van der Waals surface area contributed by atoms with E-state index in [4.69, 9.17) is 5.26 Å². The SMILES string of the molecule is N#Cc1ccc(C2=CC(C(=O)N3CCCCC3)=CCN2c2ccc(C3CCC3)cc2)cc1F. The molecule has 2 aromatic carbocycles. The van der Waals surface area contributed by atoms with Crippen molar-refractivity contribution in [2.45, 2.75) is 44.4 Å². The highest BCUT2D eigenvalue weighted by molar-refractivity contribution is 6.00. The molecule has 3 aliphatic rings. The molecule has 2 fully saturated rings. The van der Waals surface area contributed by atoms with E-state index in [0.29, 0.717) is 23.6 Å². The minimum Gasteiger partial charge on any atom is -0.339 e. The zero-order chi connectivity index (χ0) is 22.8. The van der Waals surface area contributed by atoms with Crippen LogP contribution in [0, 0.1) is 17.1 Å². The third-order valence-electron chi connectivity index (χ3n) is 7.13. The maximum atomic E-state index is 14.5. The van der Waals surface area contributed by atoms with Crippen molar-refractivity contribution in [3.63, 3.8) is 0 Å². The highest BCUT2D eigenvalue weighted by Gasteiger charge is 2.26. The molecular weight excluding hydrogens is 413 g/mol. The Hall–Kier alpha value is -3.39. The minimum absolute atomic E-state index is 0.0201. The number of nitriles is 1. The number of halogens is 1. The van der Waals surface area contributed by atoms with Crippen LogP contribution in [-0.4, -0.2) is 30.4 Å². The fourth-order valence-corrected chi connectivity index (χ4v) is 4.92. The summed E-state index contributed by atoms with van der Waals surface area (Å²) in [5.41, 5.74) is 4.48. The number of benzene rings is 2. The van der Waals surface area contributed by atoms with Gasteiger partial charge in [0.25, 0.3) is 5.91 Å². The van der Waals surface area contributed by atoms with Gasteiger partial charge in [-0.1, -0.05) is 30.7 Å². The number of nitrogens with zero attached hydrogens (tertiary/aromatic N) is 3. The second kappa shape index (κ2) is 9.23. The van der Waals surface area contributed by atoms with E-state index in [2.05, 4.69) is 29.2 Å². The first-order chi connectivity index (χ1) is 16.1. The lowest BCUT2D eigenvalue weighted by atomic mass is 9.80. The van der Waals surface area contributed by atoms with Crippen molar-refractivity contribution in [2.75, 3.05) is 24.5 Å². The highest BCUT2D eigenvalue weighted by Crippen LogP contribution is 2.38. The molecule has 4 nitrogen and oxygen atoms in total. The number of carbonyl (C=O) groups excluding carboxylic acids is 1. The molecule has 0 unspecified atom stereocenters. The lowest BCUT2D eigenvalue weighted by Gasteiger charge is -2.33. The van der Waals surface area contributed by atoms with Crippen LogP contribution in [0.15, 0.2) is 60.2 Å². The van der Waals surface area contributed by atoms with E-state index in [-0.39, 0.29) is 11.5 Å². The van der Waals surface area contributed by atoms with Gasteiger partial charge in [0, 0.05) is 42.2 Å². The Balaban J connectivity index is 1.48. The molecule has 0 spiro atoms. The highest BCUT2D eigenvalue weighted by atomic mass is 19.1. The lowest BCUT2D eigenvalue weighted by Crippen LogP contribution is -2.37. The average Bonchev–Trinajstić information content (AvgIpc) is 2.83. The normalized spacial score (nSPS) is 18.8. The van der Waals surface area contributed by atoms with E-state index in [9.17, 15) is 9.18 Å². The first-order valence-electron chi connectivity index (χ1n) is 11.9. The molecule has 2 aliphatic heterocycles. The third-order valence-corrected chi connectivity index (χ3v) is 7.13. The molecule has 2 heterocycles. The number of rotatable bonds is 4. The van der Waals surface area contributed by atoms with Gasteiger partial charge in [0.05, 0.1) is 5.56 Å². The summed E-state index contributed by atoms with van der Waals surface area (Å²) in [4.78, 5) is 17.2. The van der Waals surface area contributed by atoms with Gasteiger partial charge in [-0.05, 0) is 73.9 Å². The molecule has 5 heteroatoms. The Labute approximate surface area is 194 Å². The quantitative estimate of drug-likeness (QED) is 0.606. The number of amides is 1. The molecule has 5 rings (SSSR count). The third kappa shape index (κ3) is 4.30. The molecule has 0 bridgehead atoms. The van der Waals surface area contributed by atoms with Crippen molar-refractivity contribution < 1.29 is 9.18 Å². The first kappa shape index (κ1) is 21.5. The number of hydrogen-bond donors (Lipinski definition) is 0. The summed E-state index contributed by atoms with van der Waals surface area (Å²) < 4.78 is 14.5. The van der Waals surface area contributed by atoms with E-state index in [1.807, 2.05) is 23.1 Å². The summed E-state index contributed by atoms with van der Waals surface area (Å²) in [7, 11) is 0. The molecule has 1 amide bonds. The number of carbonyl (C=O) groups is 1. The van der Waals surface area contributed by atoms with E-state index in [1.165, 1.54) is 43.4 Å². The Kier molecular flexibility index (Phi) is 6.00. The molecule has 0 N–H and O–H groups in total. The van der Waals surface area contributed by atoms with Crippen LogP contribution in [0.4, 0.5) is 10.1 Å². The smallest absolute Gasteiger partial charge is 0.253 e. The average molecular weight is 442 g/mol. The summed E-state index contributed by atoms with van der Waals surface area (Å²) >= 11 is 0. The lowest BCUT2D eigenvalue weighted by molar-refractivity contribution is -0.127. The van der Waals surface area contributed by atoms with Gasteiger partial charge in [-0.25, -0.2) is 4.39 Å². The van der Waals surface area contributed by atoms with Crippen molar-refractivity contribution in [3.8, 4) is 6.07 Å². The van der Waals surface area contributed by atoms with Crippen LogP contribution < -0.4 is 4.90 Å². The summed E-state index contributed by atoms with van der Waals surface area (Å²) in [5.74, 6) is 0.160. The van der Waals surface area contributed by atoms with Crippen LogP contribution in [-0.2, 0) is 4.79 Å². The molecule has 0 aromatic heterocycles. The molecular formula is C28H28FN3O. The fourth-order valence-electron chi connectivity index (χ4n) is 4.92. The van der Waals surface area contributed by atoms with Gasteiger partial charge in [-0.3, -0.25) is 4.79 Å². The molecule has 33 heavy (non-hydrogen) atoms. The molecule has 1 saturated carbocycles. The zero-order valence-electron chi connectivity index (χ0n) is 18.8. The van der Waals surface area contributed by atoms with Crippen LogP contribution in [0.25, 0.3) is 5.70 Å². The summed E-state index contributed by atoms with van der Waals surface area (Å²) in [6.45, 7) is 2.11. The maximum Gasteiger partial charge on any atom is 0.253 e. The Morgan fingerprint density at radius 1 is 1.00 bits per heavy atom. The standard InChI is InChI=1S/C28H28FN3O/c29-26-17-22(7-8-24(26)19-30)27-18-23(28(33)31-14-2-1-3-15-31)13-16-32(27)25-11-9-21(10-12-25)20-5-4-6-20/h7-13,17-18,20H,1-6,14-16H2. The molecule has 0 radical (unpaired) electrons. The largest absolute Gasteiger partial charge is 0.339 e. The molecule has 2 aromatic rings. The van der Waals surface area contributed by atoms with Crippen molar-refractivity contribution >= 4 is 17.3 Å². The van der Waals surface area contributed by atoms with Crippen LogP contribution in [0.3, 0.4) is 0 Å². The monoisotopic (exact) mass is 441 g/mol. The van der Waals surface area contributed by atoms with Gasteiger partial charge in [0.15, 0.2) is 0 Å². The molecule has 168 valence electrons. The number of likely N-dealkylation sites (tertiary alicyclic amines) is 1. The topological polar surface area (TPSA) is 47.3 Å². The molecule has 1 aliphatic carbocycles. The van der Waals surface area contributed by atoms with Gasteiger partial charge >= 0.3 is 0 Å². The summed E-state index contributed by atoms with van der Waals surface area (Å²) in [6.07, 6.45) is 10.9. The van der Waals surface area contributed by atoms with Gasteiger partial charge in [-0.15, -0.1) is 0 Å². The Morgan fingerprint density at radius 2 is 1.76 bits per heavy atom. The van der Waals surface area contributed by atoms with Gasteiger partial charge in [0.2, 0.25) is 0 Å². The number of hydrogen-bond acceptors (Lipinski definition) is 3. The number of piperidine rings is 1. The second-order valence-electron chi connectivity index (χ2n) is 9.18. The van der Waals surface area contributed by atoms with Gasteiger partial charge < -0.3 is 9.80 Å². The minimum atomic E-state index is -0.547. The van der Waals surface area contributed by atoms with E-state index >= 15 is 0 Å². The first-order valence-corrected chi connectivity index (χ1v) is 11.9. The number of anilines is 1. The van der Waals surface area contributed by atoms with Crippen molar-refractivity contribution in [3.05, 3.63) is 82.7 Å². The zero-order valence-corrected chi connectivity index (χ0v) is 18.8. The molecule has 1 saturated heterocycles. The van der Waals surface area contributed by atoms with Crippen molar-refractivity contribution in [1.29, 1.82) is 5.26 Å². The van der Waals surface area contributed by atoms with Crippen LogP contribution in [0.5, 0.6) is 0 Å². The van der Waals surface area contributed by atoms with Gasteiger partial charge in [-0.2, -0.15) is 5.26 Å². The summed E-state index contributed by atoms with van der Waals surface area (Å²) in [5, 5.41) is 9.13. The van der Waals surface area contributed by atoms with E-state index < -0.39 is 5.82 Å². The molecule has 0 atom stereocenters. The van der Waals surface area contributed by atoms with Crippen LogP contribution >= 0.6 is 0 Å². The predicted molar refractivity (Wildman–Crippen MR) is 128 cm³/mol. The maximum absolute atomic E-state index is 14.5. The van der Waals surface area contributed by atoms with E-state index in [0.717, 1.165) is 37.3 Å². The predicted octanol–water partition coefficient (Wildman–Crippen LogP) is 5.76. The summed E-state index contributed by atoms with van der Waals surface area (Å²) in [6, 6.07) is 15.2.